The van der Waals surface area contributed by atoms with Crippen LogP contribution in [0.15, 0.2) is 66.9 Å². The van der Waals surface area contributed by atoms with Crippen molar-refractivity contribution in [3.63, 3.8) is 0 Å². The highest BCUT2D eigenvalue weighted by Crippen LogP contribution is 2.44. The number of piperidine rings is 1. The van der Waals surface area contributed by atoms with Crippen LogP contribution in [0.4, 0.5) is 18.9 Å². The fraction of sp³-hybridized carbons (Fsp3) is 0.444. The molecule has 0 aliphatic carbocycles. The van der Waals surface area contributed by atoms with Crippen LogP contribution in [0.3, 0.4) is 0 Å². The first-order chi connectivity index (χ1) is 23.3. The Morgan fingerprint density at radius 2 is 1.78 bits per heavy atom. The van der Waals surface area contributed by atoms with Gasteiger partial charge in [0.2, 0.25) is 5.60 Å². The SMILES string of the molecule is COc1cc(CCC2OC(C)O2)ccc1OC1CCN(CC(O)(c2cn(Cc3ccccc3C)c3cc([N+](=O)[O-])ccc23)C(F)(F)F)CC1. The lowest BCUT2D eigenvalue weighted by Gasteiger charge is -2.39. The summed E-state index contributed by atoms with van der Waals surface area (Å²) in [5.41, 5.74) is -0.794. The average Bonchev–Trinajstić information content (AvgIpc) is 3.42. The molecule has 1 aromatic heterocycles. The molecule has 0 saturated carbocycles. The minimum Gasteiger partial charge on any atom is -0.493 e. The molecule has 4 aromatic rings. The number of ether oxygens (including phenoxy) is 4. The van der Waals surface area contributed by atoms with Crippen molar-refractivity contribution in [2.24, 2.45) is 0 Å². The molecule has 10 nitrogen and oxygen atoms in total. The summed E-state index contributed by atoms with van der Waals surface area (Å²) in [7, 11) is 1.56. The van der Waals surface area contributed by atoms with Gasteiger partial charge in [0.1, 0.15) is 6.10 Å². The van der Waals surface area contributed by atoms with Gasteiger partial charge in [0.25, 0.3) is 5.69 Å². The highest BCUT2D eigenvalue weighted by molar-refractivity contribution is 5.87. The highest BCUT2D eigenvalue weighted by atomic mass is 19.4. The summed E-state index contributed by atoms with van der Waals surface area (Å²) in [6.45, 7) is 3.73. The fourth-order valence-electron chi connectivity index (χ4n) is 6.66. The van der Waals surface area contributed by atoms with E-state index in [2.05, 4.69) is 0 Å². The topological polar surface area (TPSA) is 108 Å². The van der Waals surface area contributed by atoms with Gasteiger partial charge in [-0.2, -0.15) is 13.2 Å². The third kappa shape index (κ3) is 7.40. The van der Waals surface area contributed by atoms with E-state index in [0.717, 1.165) is 23.1 Å². The van der Waals surface area contributed by atoms with Crippen LogP contribution in [0, 0.1) is 17.0 Å². The molecule has 0 bridgehead atoms. The molecule has 2 fully saturated rings. The number of hydrogen-bond acceptors (Lipinski definition) is 8. The van der Waals surface area contributed by atoms with Crippen LogP contribution < -0.4 is 9.47 Å². The Morgan fingerprint density at radius 1 is 1.04 bits per heavy atom. The number of likely N-dealkylation sites (tertiary alicyclic amines) is 1. The largest absolute Gasteiger partial charge is 0.493 e. The summed E-state index contributed by atoms with van der Waals surface area (Å²) < 4.78 is 69.2. The van der Waals surface area contributed by atoms with Crippen LogP contribution in [0.5, 0.6) is 11.5 Å². The lowest BCUT2D eigenvalue weighted by atomic mass is 9.91. The number of non-ortho nitro benzene ring substituents is 1. The Bertz CT molecular complexity index is 1800. The van der Waals surface area contributed by atoms with Crippen LogP contribution >= 0.6 is 0 Å². The molecular formula is C36H40F3N3O7. The number of aryl methyl sites for hydroxylation is 2. The molecule has 6 rings (SSSR count). The van der Waals surface area contributed by atoms with E-state index in [9.17, 15) is 28.4 Å². The van der Waals surface area contributed by atoms with Crippen LogP contribution in [-0.4, -0.2) is 71.1 Å². The molecule has 2 saturated heterocycles. The molecule has 262 valence electrons. The Morgan fingerprint density at radius 3 is 2.43 bits per heavy atom. The van der Waals surface area contributed by atoms with Crippen molar-refractivity contribution in [2.75, 3.05) is 26.7 Å². The minimum absolute atomic E-state index is 0.107. The third-order valence-electron chi connectivity index (χ3n) is 9.46. The number of aromatic nitrogens is 1. The lowest BCUT2D eigenvalue weighted by Crippen LogP contribution is -2.53. The zero-order valence-corrected chi connectivity index (χ0v) is 27.6. The predicted octanol–water partition coefficient (Wildman–Crippen LogP) is 6.86. The number of aliphatic hydroxyl groups is 1. The van der Waals surface area contributed by atoms with Crippen molar-refractivity contribution >= 4 is 16.6 Å². The summed E-state index contributed by atoms with van der Waals surface area (Å²) in [4.78, 5) is 12.6. The van der Waals surface area contributed by atoms with Crippen molar-refractivity contribution in [3.8, 4) is 11.5 Å². The second kappa shape index (κ2) is 14.0. The van der Waals surface area contributed by atoms with Gasteiger partial charge in [-0.1, -0.05) is 30.3 Å². The van der Waals surface area contributed by atoms with E-state index in [1.165, 1.54) is 24.4 Å². The highest BCUT2D eigenvalue weighted by Gasteiger charge is 2.57. The van der Waals surface area contributed by atoms with Gasteiger partial charge in [0.05, 0.1) is 17.5 Å². The molecule has 1 atom stereocenters. The molecule has 13 heteroatoms. The molecule has 49 heavy (non-hydrogen) atoms. The van der Waals surface area contributed by atoms with Crippen molar-refractivity contribution in [1.82, 2.24) is 9.47 Å². The first-order valence-corrected chi connectivity index (χ1v) is 16.3. The molecule has 0 amide bonds. The van der Waals surface area contributed by atoms with Gasteiger partial charge in [-0.25, -0.2) is 0 Å². The standard InChI is InChI=1S/C36H40F3N3O7/c1-23-6-4-5-7-26(23)20-41-21-30(29-11-10-27(42(44)45)19-31(29)41)35(43,36(37,38)39)22-40-16-14-28(15-17-40)49-32-12-8-25(18-33(32)46-3)9-13-34-47-24(2)48-34/h4-8,10-12,18-19,21,24,28,34,43H,9,13-17,20,22H2,1-3H3. The average molecular weight is 684 g/mol. The van der Waals surface area contributed by atoms with E-state index in [4.69, 9.17) is 18.9 Å². The van der Waals surface area contributed by atoms with Crippen LogP contribution in [0.1, 0.15) is 48.4 Å². The second-order valence-corrected chi connectivity index (χ2v) is 12.8. The molecule has 3 aromatic carbocycles. The van der Waals surface area contributed by atoms with E-state index in [1.807, 2.05) is 56.3 Å². The van der Waals surface area contributed by atoms with E-state index < -0.39 is 23.2 Å². The second-order valence-electron chi connectivity index (χ2n) is 12.8. The monoisotopic (exact) mass is 683 g/mol. The zero-order chi connectivity index (χ0) is 34.9. The number of nitro benzene ring substituents is 1. The van der Waals surface area contributed by atoms with Crippen molar-refractivity contribution in [1.29, 1.82) is 0 Å². The first-order valence-electron chi connectivity index (χ1n) is 16.3. The number of halogens is 3. The molecule has 0 radical (unpaired) electrons. The van der Waals surface area contributed by atoms with Crippen molar-refractivity contribution < 1.29 is 42.1 Å². The van der Waals surface area contributed by atoms with Gasteiger partial charge < -0.3 is 28.6 Å². The van der Waals surface area contributed by atoms with Gasteiger partial charge in [-0.15, -0.1) is 0 Å². The van der Waals surface area contributed by atoms with Crippen molar-refractivity contribution in [2.45, 2.75) is 76.5 Å². The van der Waals surface area contributed by atoms with Crippen molar-refractivity contribution in [3.05, 3.63) is 99.2 Å². The summed E-state index contributed by atoms with van der Waals surface area (Å²) >= 11 is 0. The fourth-order valence-corrected chi connectivity index (χ4v) is 6.66. The number of methoxy groups -OCH3 is 1. The van der Waals surface area contributed by atoms with Gasteiger partial charge in [0.15, 0.2) is 24.1 Å². The lowest BCUT2D eigenvalue weighted by molar-refractivity contribution is -0.384. The smallest absolute Gasteiger partial charge is 0.422 e. The molecule has 2 aliphatic rings. The molecule has 1 N–H and O–H groups in total. The number of fused-ring (bicyclic) bond motifs is 1. The molecule has 0 spiro atoms. The molecule has 2 aliphatic heterocycles. The van der Waals surface area contributed by atoms with Crippen LogP contribution in [0.25, 0.3) is 10.9 Å². The molecule has 1 unspecified atom stereocenters. The maximum Gasteiger partial charge on any atom is 0.422 e. The number of hydrogen-bond donors (Lipinski definition) is 1. The van der Waals surface area contributed by atoms with Crippen LogP contribution in [0.2, 0.25) is 0 Å². The zero-order valence-electron chi connectivity index (χ0n) is 27.6. The maximum absolute atomic E-state index is 15.0. The summed E-state index contributed by atoms with van der Waals surface area (Å²) in [6.07, 6.45) is -2.07. The van der Waals surface area contributed by atoms with E-state index >= 15 is 0 Å². The van der Waals surface area contributed by atoms with E-state index in [0.29, 0.717) is 30.8 Å². The van der Waals surface area contributed by atoms with Gasteiger partial charge >= 0.3 is 6.18 Å². The number of rotatable bonds is 12. The number of alkyl halides is 3. The third-order valence-corrected chi connectivity index (χ3v) is 9.46. The van der Waals surface area contributed by atoms with E-state index in [-0.39, 0.29) is 60.5 Å². The Kier molecular flexibility index (Phi) is 9.90. The maximum atomic E-state index is 15.0. The Hall–Kier alpha value is -4.17. The van der Waals surface area contributed by atoms with Gasteiger partial charge in [0, 0.05) is 61.9 Å². The summed E-state index contributed by atoms with van der Waals surface area (Å²) in [5.74, 6) is 1.12. The Labute approximate surface area is 282 Å². The quantitative estimate of drug-likeness (QED) is 0.128. The van der Waals surface area contributed by atoms with Gasteiger partial charge in [-0.05, 0) is 68.0 Å². The minimum atomic E-state index is -5.03. The van der Waals surface area contributed by atoms with E-state index in [1.54, 1.807) is 16.6 Å². The number of nitrogens with zero attached hydrogens (tertiary/aromatic N) is 3. The number of nitro groups is 1. The van der Waals surface area contributed by atoms with Crippen LogP contribution in [-0.2, 0) is 28.0 Å². The normalized spacial score (nSPS) is 20.1. The summed E-state index contributed by atoms with van der Waals surface area (Å²) in [6, 6.07) is 16.8. The predicted molar refractivity (Wildman–Crippen MR) is 176 cm³/mol. The number of benzene rings is 3. The Balaban J connectivity index is 1.18. The number of β-amino-alcohol motifs (C(OH)–C–C–N with tert-alkyl or cyclic N) is 1. The molecular weight excluding hydrogens is 643 g/mol. The molecule has 3 heterocycles. The van der Waals surface area contributed by atoms with Gasteiger partial charge in [-0.3, -0.25) is 15.0 Å². The first kappa shape index (κ1) is 34.7. The summed E-state index contributed by atoms with van der Waals surface area (Å²) in [5, 5.41) is 23.3.